The van der Waals surface area contributed by atoms with Gasteiger partial charge in [0.25, 0.3) is 5.91 Å². The molecular formula is C5H8N2O3. The van der Waals surface area contributed by atoms with Crippen molar-refractivity contribution in [3.8, 4) is 0 Å². The fraction of sp³-hybridized carbons (Fsp3) is 0.600. The number of urea groups is 1. The Morgan fingerprint density at radius 2 is 2.20 bits per heavy atom. The van der Waals surface area contributed by atoms with E-state index in [1.165, 1.54) is 6.92 Å². The number of carbonyl (C=O) groups is 2. The minimum atomic E-state index is -1.46. The van der Waals surface area contributed by atoms with Gasteiger partial charge in [-0.2, -0.15) is 0 Å². The second-order valence-corrected chi connectivity index (χ2v) is 2.41. The molecule has 0 saturated carbocycles. The van der Waals surface area contributed by atoms with Crippen LogP contribution in [0, 0.1) is 0 Å². The van der Waals surface area contributed by atoms with Crippen molar-refractivity contribution in [2.45, 2.75) is 12.5 Å². The first-order valence-electron chi connectivity index (χ1n) is 2.84. The highest BCUT2D eigenvalue weighted by molar-refractivity contribution is 6.01. The van der Waals surface area contributed by atoms with Gasteiger partial charge in [-0.3, -0.25) is 10.1 Å². The van der Waals surface area contributed by atoms with Crippen LogP contribution in [0.25, 0.3) is 0 Å². The third kappa shape index (κ3) is 1.08. The van der Waals surface area contributed by atoms with Gasteiger partial charge in [0, 0.05) is 0 Å². The van der Waals surface area contributed by atoms with Crippen molar-refractivity contribution in [3.05, 3.63) is 0 Å². The number of β-amino-alcohol motifs (C(OH)–C–C–N with tert-alkyl or cyclic N) is 1. The van der Waals surface area contributed by atoms with E-state index in [9.17, 15) is 9.59 Å². The van der Waals surface area contributed by atoms with Gasteiger partial charge in [0.05, 0.1) is 6.54 Å². The van der Waals surface area contributed by atoms with Gasteiger partial charge in [-0.05, 0) is 6.92 Å². The molecule has 1 rings (SSSR count). The van der Waals surface area contributed by atoms with Gasteiger partial charge in [-0.25, -0.2) is 4.79 Å². The number of amides is 3. The maximum atomic E-state index is 10.7. The third-order valence-corrected chi connectivity index (χ3v) is 1.31. The van der Waals surface area contributed by atoms with E-state index in [1.807, 2.05) is 5.32 Å². The average molecular weight is 144 g/mol. The minimum absolute atomic E-state index is 0.0301. The number of hydrogen-bond acceptors (Lipinski definition) is 3. The predicted molar refractivity (Wildman–Crippen MR) is 32.2 cm³/mol. The fourth-order valence-electron chi connectivity index (χ4n) is 0.615. The molecule has 0 aromatic heterocycles. The molecule has 0 unspecified atom stereocenters. The molecular weight excluding hydrogens is 136 g/mol. The lowest BCUT2D eigenvalue weighted by molar-refractivity contribution is -0.137. The Labute approximate surface area is 57.4 Å². The highest BCUT2D eigenvalue weighted by Crippen LogP contribution is 2.03. The number of hydrogen-bond donors (Lipinski definition) is 3. The summed E-state index contributed by atoms with van der Waals surface area (Å²) < 4.78 is 0. The van der Waals surface area contributed by atoms with Gasteiger partial charge in [-0.15, -0.1) is 0 Å². The lowest BCUT2D eigenvalue weighted by Crippen LogP contribution is -2.61. The maximum Gasteiger partial charge on any atom is 0.321 e. The quantitative estimate of drug-likeness (QED) is 0.390. The van der Waals surface area contributed by atoms with Crippen LogP contribution in [0.2, 0.25) is 0 Å². The summed E-state index contributed by atoms with van der Waals surface area (Å²) in [6.45, 7) is 1.31. The van der Waals surface area contributed by atoms with Crippen LogP contribution in [-0.4, -0.2) is 29.2 Å². The average Bonchev–Trinajstić information content (AvgIpc) is 1.81. The van der Waals surface area contributed by atoms with E-state index in [0.717, 1.165) is 0 Å². The molecule has 5 nitrogen and oxygen atoms in total. The Kier molecular flexibility index (Phi) is 1.37. The van der Waals surface area contributed by atoms with E-state index in [4.69, 9.17) is 5.11 Å². The minimum Gasteiger partial charge on any atom is -0.378 e. The van der Waals surface area contributed by atoms with Crippen molar-refractivity contribution in [3.63, 3.8) is 0 Å². The first kappa shape index (κ1) is 7.01. The maximum absolute atomic E-state index is 10.7. The summed E-state index contributed by atoms with van der Waals surface area (Å²) in [4.78, 5) is 21.1. The fourth-order valence-corrected chi connectivity index (χ4v) is 0.615. The number of carbonyl (C=O) groups excluding carboxylic acids is 2. The topological polar surface area (TPSA) is 78.4 Å². The molecule has 1 fully saturated rings. The van der Waals surface area contributed by atoms with Gasteiger partial charge in [0.15, 0.2) is 5.60 Å². The van der Waals surface area contributed by atoms with Crippen LogP contribution in [0.5, 0.6) is 0 Å². The third-order valence-electron chi connectivity index (χ3n) is 1.31. The molecule has 0 spiro atoms. The second-order valence-electron chi connectivity index (χ2n) is 2.41. The summed E-state index contributed by atoms with van der Waals surface area (Å²) in [6, 6.07) is -0.559. The standard InChI is InChI=1S/C5H8N2O3/c1-5(10)2-6-4(9)7-3(5)8/h10H,2H2,1H3,(H2,6,7,8,9)/t5-/m1/s1. The van der Waals surface area contributed by atoms with Crippen molar-refractivity contribution in [1.29, 1.82) is 0 Å². The zero-order valence-corrected chi connectivity index (χ0v) is 5.47. The first-order chi connectivity index (χ1) is 4.52. The molecule has 0 bridgehead atoms. The van der Waals surface area contributed by atoms with Gasteiger partial charge >= 0.3 is 6.03 Å². The molecule has 1 aliphatic rings. The van der Waals surface area contributed by atoms with Crippen molar-refractivity contribution < 1.29 is 14.7 Å². The Morgan fingerprint density at radius 3 is 2.60 bits per heavy atom. The van der Waals surface area contributed by atoms with Crippen molar-refractivity contribution >= 4 is 11.9 Å². The molecule has 5 heteroatoms. The lowest BCUT2D eigenvalue weighted by Gasteiger charge is -2.26. The Balaban J connectivity index is 2.70. The number of aliphatic hydroxyl groups is 1. The smallest absolute Gasteiger partial charge is 0.321 e. The first-order valence-corrected chi connectivity index (χ1v) is 2.84. The predicted octanol–water partition coefficient (Wildman–Crippen LogP) is -1.42. The number of imide groups is 1. The highest BCUT2D eigenvalue weighted by atomic mass is 16.3. The summed E-state index contributed by atoms with van der Waals surface area (Å²) in [7, 11) is 0. The number of nitrogens with one attached hydrogen (secondary N) is 2. The Hall–Kier alpha value is -1.10. The van der Waals surface area contributed by atoms with Crippen LogP contribution in [0.1, 0.15) is 6.92 Å². The molecule has 1 aliphatic heterocycles. The van der Waals surface area contributed by atoms with Crippen LogP contribution in [0.4, 0.5) is 4.79 Å². The highest BCUT2D eigenvalue weighted by Gasteiger charge is 2.35. The van der Waals surface area contributed by atoms with E-state index in [1.54, 1.807) is 0 Å². The van der Waals surface area contributed by atoms with E-state index in [0.29, 0.717) is 0 Å². The molecule has 1 atom stereocenters. The van der Waals surface area contributed by atoms with Crippen molar-refractivity contribution in [2.75, 3.05) is 6.54 Å². The molecule has 10 heavy (non-hydrogen) atoms. The van der Waals surface area contributed by atoms with E-state index >= 15 is 0 Å². The van der Waals surface area contributed by atoms with Gasteiger partial charge in [0.1, 0.15) is 0 Å². The summed E-state index contributed by atoms with van der Waals surface area (Å²) in [5.74, 6) is -0.656. The van der Waals surface area contributed by atoms with Crippen LogP contribution in [-0.2, 0) is 4.79 Å². The molecule has 3 amide bonds. The van der Waals surface area contributed by atoms with Crippen molar-refractivity contribution in [2.24, 2.45) is 0 Å². The molecule has 3 N–H and O–H groups in total. The van der Waals surface area contributed by atoms with E-state index in [-0.39, 0.29) is 6.54 Å². The monoisotopic (exact) mass is 144 g/mol. The SMILES string of the molecule is C[C@@]1(O)CNC(=O)NC1=O. The van der Waals surface area contributed by atoms with E-state index < -0.39 is 17.5 Å². The summed E-state index contributed by atoms with van der Waals surface area (Å²) >= 11 is 0. The lowest BCUT2D eigenvalue weighted by atomic mass is 10.1. The zero-order valence-electron chi connectivity index (χ0n) is 5.47. The summed E-state index contributed by atoms with van der Waals surface area (Å²) in [6.07, 6.45) is 0. The van der Waals surface area contributed by atoms with E-state index in [2.05, 4.69) is 5.32 Å². The molecule has 0 radical (unpaired) electrons. The molecule has 0 aliphatic carbocycles. The van der Waals surface area contributed by atoms with Crippen LogP contribution in [0.3, 0.4) is 0 Å². The van der Waals surface area contributed by atoms with Crippen LogP contribution in [0.15, 0.2) is 0 Å². The van der Waals surface area contributed by atoms with Gasteiger partial charge in [0.2, 0.25) is 0 Å². The molecule has 1 heterocycles. The Morgan fingerprint density at radius 1 is 1.60 bits per heavy atom. The Bertz CT molecular complexity index is 187. The largest absolute Gasteiger partial charge is 0.378 e. The normalized spacial score (nSPS) is 33.0. The molecule has 0 aromatic rings. The van der Waals surface area contributed by atoms with Crippen LogP contribution >= 0.6 is 0 Å². The molecule has 1 saturated heterocycles. The summed E-state index contributed by atoms with van der Waals surface area (Å²) in [5.41, 5.74) is -1.46. The number of rotatable bonds is 0. The van der Waals surface area contributed by atoms with Gasteiger partial charge < -0.3 is 10.4 Å². The van der Waals surface area contributed by atoms with Crippen molar-refractivity contribution in [1.82, 2.24) is 10.6 Å². The van der Waals surface area contributed by atoms with Crippen LogP contribution < -0.4 is 10.6 Å². The molecule has 0 aromatic carbocycles. The zero-order chi connectivity index (χ0) is 7.78. The summed E-state index contributed by atoms with van der Waals surface area (Å²) in [5, 5.41) is 13.3. The second kappa shape index (κ2) is 1.95. The molecule has 56 valence electrons. The van der Waals surface area contributed by atoms with Gasteiger partial charge in [-0.1, -0.05) is 0 Å².